The van der Waals surface area contributed by atoms with Gasteiger partial charge in [0.15, 0.2) is 5.69 Å². The van der Waals surface area contributed by atoms with Crippen LogP contribution in [0.25, 0.3) is 23.0 Å². The third kappa shape index (κ3) is 2.14. The van der Waals surface area contributed by atoms with Crippen molar-refractivity contribution >= 4 is 0 Å². The molecule has 0 saturated heterocycles. The van der Waals surface area contributed by atoms with E-state index in [0.29, 0.717) is 23.3 Å². The first-order chi connectivity index (χ1) is 10.3. The number of hydrogen-bond acceptors (Lipinski definition) is 5. The molecule has 0 fully saturated rings. The molecule has 0 N–H and O–H groups in total. The highest BCUT2D eigenvalue weighted by Gasteiger charge is 2.27. The smallest absolute Gasteiger partial charge is 0.280 e. The van der Waals surface area contributed by atoms with Crippen molar-refractivity contribution in [3.05, 3.63) is 41.7 Å². The van der Waals surface area contributed by atoms with E-state index >= 15 is 0 Å². The predicted molar refractivity (Wildman–Crippen MR) is 76.4 cm³/mol. The molecule has 1 atom stereocenters. The molecule has 5 nitrogen and oxygen atoms in total. The van der Waals surface area contributed by atoms with Crippen LogP contribution in [0.4, 0.5) is 0 Å². The van der Waals surface area contributed by atoms with Gasteiger partial charge in [0, 0.05) is 17.5 Å². The molecule has 1 unspecified atom stereocenters. The Morgan fingerprint density at radius 2 is 1.95 bits per heavy atom. The van der Waals surface area contributed by atoms with Crippen LogP contribution in [0.3, 0.4) is 0 Å². The van der Waals surface area contributed by atoms with Gasteiger partial charge in [-0.3, -0.25) is 0 Å². The van der Waals surface area contributed by atoms with Gasteiger partial charge in [-0.15, -0.1) is 0 Å². The number of hydrogen-bond donors (Lipinski definition) is 0. The second kappa shape index (κ2) is 4.84. The summed E-state index contributed by atoms with van der Waals surface area (Å²) >= 11 is 0. The zero-order chi connectivity index (χ0) is 14.2. The van der Waals surface area contributed by atoms with Crippen molar-refractivity contribution < 1.29 is 9.05 Å². The van der Waals surface area contributed by atoms with Crippen molar-refractivity contribution in [2.45, 2.75) is 26.2 Å². The van der Waals surface area contributed by atoms with Crippen LogP contribution in [0.15, 0.2) is 39.4 Å². The van der Waals surface area contributed by atoms with Crippen LogP contribution in [0.5, 0.6) is 0 Å². The van der Waals surface area contributed by atoms with Gasteiger partial charge in [-0.05, 0) is 18.8 Å². The highest BCUT2D eigenvalue weighted by molar-refractivity contribution is 5.60. The van der Waals surface area contributed by atoms with Crippen LogP contribution in [0.1, 0.15) is 24.7 Å². The van der Waals surface area contributed by atoms with Crippen LogP contribution >= 0.6 is 0 Å². The summed E-state index contributed by atoms with van der Waals surface area (Å²) in [5.74, 6) is 2.61. The Bertz CT molecular complexity index is 761. The molecule has 0 spiro atoms. The Labute approximate surface area is 122 Å². The lowest BCUT2D eigenvalue weighted by Crippen LogP contribution is -2.09. The third-order valence-electron chi connectivity index (χ3n) is 3.95. The van der Waals surface area contributed by atoms with E-state index in [4.69, 9.17) is 9.05 Å². The van der Waals surface area contributed by atoms with E-state index in [1.165, 1.54) is 0 Å². The van der Waals surface area contributed by atoms with E-state index in [1.54, 1.807) is 0 Å². The zero-order valence-corrected chi connectivity index (χ0v) is 11.7. The van der Waals surface area contributed by atoms with Gasteiger partial charge in [0.2, 0.25) is 5.82 Å². The quantitative estimate of drug-likeness (QED) is 0.719. The SMILES string of the molecule is CC1CCc2onc(-c3nc(-c4ccccc4)no3)c2C1. The Balaban J connectivity index is 1.72. The molecule has 21 heavy (non-hydrogen) atoms. The number of nitrogens with zero attached hydrogens (tertiary/aromatic N) is 3. The summed E-state index contributed by atoms with van der Waals surface area (Å²) in [5, 5.41) is 8.18. The van der Waals surface area contributed by atoms with Gasteiger partial charge in [-0.2, -0.15) is 4.98 Å². The number of fused-ring (bicyclic) bond motifs is 1. The molecule has 106 valence electrons. The molecule has 4 rings (SSSR count). The van der Waals surface area contributed by atoms with Crippen LogP contribution in [0, 0.1) is 5.92 Å². The van der Waals surface area contributed by atoms with Gasteiger partial charge in [-0.1, -0.05) is 47.6 Å². The molecule has 5 heteroatoms. The first-order valence-corrected chi connectivity index (χ1v) is 7.18. The van der Waals surface area contributed by atoms with Gasteiger partial charge in [0.25, 0.3) is 5.89 Å². The van der Waals surface area contributed by atoms with E-state index in [-0.39, 0.29) is 0 Å². The van der Waals surface area contributed by atoms with Crippen LogP contribution in [-0.2, 0) is 12.8 Å². The minimum Gasteiger partial charge on any atom is -0.360 e. The summed E-state index contributed by atoms with van der Waals surface area (Å²) in [4.78, 5) is 4.46. The monoisotopic (exact) mass is 281 g/mol. The maximum absolute atomic E-state index is 5.43. The second-order valence-corrected chi connectivity index (χ2v) is 5.57. The van der Waals surface area contributed by atoms with E-state index in [1.807, 2.05) is 30.3 Å². The Morgan fingerprint density at radius 3 is 2.81 bits per heavy atom. The van der Waals surface area contributed by atoms with Gasteiger partial charge in [-0.25, -0.2) is 0 Å². The largest absolute Gasteiger partial charge is 0.360 e. The Morgan fingerprint density at radius 1 is 1.10 bits per heavy atom. The second-order valence-electron chi connectivity index (χ2n) is 5.57. The number of aromatic nitrogens is 3. The van der Waals surface area contributed by atoms with Crippen molar-refractivity contribution in [3.63, 3.8) is 0 Å². The molecule has 1 aliphatic carbocycles. The minimum atomic E-state index is 0.438. The first kappa shape index (κ1) is 12.3. The molecule has 0 amide bonds. The zero-order valence-electron chi connectivity index (χ0n) is 11.7. The molecule has 1 aromatic carbocycles. The molecular weight excluding hydrogens is 266 g/mol. The summed E-state index contributed by atoms with van der Waals surface area (Å²) in [6.45, 7) is 2.24. The van der Waals surface area contributed by atoms with Crippen molar-refractivity contribution in [2.75, 3.05) is 0 Å². The van der Waals surface area contributed by atoms with Gasteiger partial charge in [0.05, 0.1) is 0 Å². The lowest BCUT2D eigenvalue weighted by Gasteiger charge is -2.15. The minimum absolute atomic E-state index is 0.438. The average molecular weight is 281 g/mol. The maximum Gasteiger partial charge on any atom is 0.280 e. The fourth-order valence-electron chi connectivity index (χ4n) is 2.77. The molecule has 2 heterocycles. The molecule has 0 bridgehead atoms. The van der Waals surface area contributed by atoms with Crippen LogP contribution in [0.2, 0.25) is 0 Å². The summed E-state index contributed by atoms with van der Waals surface area (Å²) in [7, 11) is 0. The lowest BCUT2D eigenvalue weighted by molar-refractivity contribution is 0.355. The Hall–Kier alpha value is -2.43. The summed E-state index contributed by atoms with van der Waals surface area (Å²) < 4.78 is 10.8. The van der Waals surface area contributed by atoms with Crippen LogP contribution in [-0.4, -0.2) is 15.3 Å². The van der Waals surface area contributed by atoms with E-state index in [2.05, 4.69) is 22.2 Å². The molecule has 0 radical (unpaired) electrons. The van der Waals surface area contributed by atoms with Crippen molar-refractivity contribution in [2.24, 2.45) is 5.92 Å². The standard InChI is InChI=1S/C16H15N3O2/c1-10-7-8-13-12(9-10)14(18-20-13)16-17-15(19-21-16)11-5-3-2-4-6-11/h2-6,10H,7-9H2,1H3. The molecule has 2 aromatic heterocycles. The van der Waals surface area contributed by atoms with E-state index < -0.39 is 0 Å². The van der Waals surface area contributed by atoms with Crippen molar-refractivity contribution in [1.82, 2.24) is 15.3 Å². The summed E-state index contributed by atoms with van der Waals surface area (Å²) in [5.41, 5.74) is 2.75. The van der Waals surface area contributed by atoms with Gasteiger partial charge in [0.1, 0.15) is 5.76 Å². The predicted octanol–water partition coefficient (Wildman–Crippen LogP) is 3.52. The highest BCUT2D eigenvalue weighted by atomic mass is 16.5. The fraction of sp³-hybridized carbons (Fsp3) is 0.312. The van der Waals surface area contributed by atoms with Gasteiger partial charge >= 0.3 is 0 Å². The van der Waals surface area contributed by atoms with E-state index in [9.17, 15) is 0 Å². The number of aryl methyl sites for hydroxylation is 1. The van der Waals surface area contributed by atoms with Crippen molar-refractivity contribution in [3.8, 4) is 23.0 Å². The average Bonchev–Trinajstić information content (AvgIpc) is 3.14. The topological polar surface area (TPSA) is 65.0 Å². The summed E-state index contributed by atoms with van der Waals surface area (Å²) in [6.07, 6.45) is 3.03. The van der Waals surface area contributed by atoms with Crippen LogP contribution < -0.4 is 0 Å². The summed E-state index contributed by atoms with van der Waals surface area (Å²) in [6, 6.07) is 9.76. The van der Waals surface area contributed by atoms with Crippen molar-refractivity contribution in [1.29, 1.82) is 0 Å². The lowest BCUT2D eigenvalue weighted by atomic mass is 9.88. The third-order valence-corrected chi connectivity index (χ3v) is 3.95. The molecule has 0 aliphatic heterocycles. The fourth-order valence-corrected chi connectivity index (χ4v) is 2.77. The number of rotatable bonds is 2. The maximum atomic E-state index is 5.43. The molecule has 3 aromatic rings. The normalized spacial score (nSPS) is 17.7. The van der Waals surface area contributed by atoms with E-state index in [0.717, 1.165) is 36.1 Å². The Kier molecular flexibility index (Phi) is 2.84. The molecule has 1 aliphatic rings. The van der Waals surface area contributed by atoms with Gasteiger partial charge < -0.3 is 9.05 Å². The highest BCUT2D eigenvalue weighted by Crippen LogP contribution is 2.33. The first-order valence-electron chi connectivity index (χ1n) is 7.18. The molecular formula is C16H15N3O2. The molecule has 0 saturated carbocycles. The number of benzene rings is 1.